The van der Waals surface area contributed by atoms with Crippen molar-refractivity contribution in [2.45, 2.75) is 58.7 Å². The van der Waals surface area contributed by atoms with E-state index in [1.54, 1.807) is 12.3 Å². The van der Waals surface area contributed by atoms with E-state index in [1.165, 1.54) is 6.20 Å². The second-order valence-corrected chi connectivity index (χ2v) is 8.68. The Morgan fingerprint density at radius 1 is 1.14 bits per heavy atom. The average molecular weight is 400 g/mol. The highest BCUT2D eigenvalue weighted by Gasteiger charge is 2.43. The summed E-state index contributed by atoms with van der Waals surface area (Å²) in [5.41, 5.74) is 2.20. The first kappa shape index (κ1) is 20.0. The lowest BCUT2D eigenvalue weighted by Crippen LogP contribution is -2.42. The summed E-state index contributed by atoms with van der Waals surface area (Å²) in [5, 5.41) is 10.7. The van der Waals surface area contributed by atoms with E-state index in [0.717, 1.165) is 36.7 Å². The molecule has 1 saturated carbocycles. The predicted octanol–water partition coefficient (Wildman–Crippen LogP) is 3.41. The van der Waals surface area contributed by atoms with E-state index in [0.29, 0.717) is 29.7 Å². The zero-order valence-corrected chi connectivity index (χ0v) is 17.5. The molecule has 2 aromatic rings. The standard InChI is InChI=1S/C22H29FN4O2/c1-12(2)22-25-13(3)21(14(4)26-22)29-20-8-16-11-27(10-15(16)7-19(20)28)18-5-6-24-9-17(18)23/h5-6,9,12,15-16,19-20,28H,7-8,10-11H2,1-4H3/t15-,16+,19+,20+/m0/s1. The van der Waals surface area contributed by atoms with Crippen LogP contribution in [0, 0.1) is 31.5 Å². The topological polar surface area (TPSA) is 71.4 Å². The van der Waals surface area contributed by atoms with E-state index in [2.05, 4.69) is 33.7 Å². The van der Waals surface area contributed by atoms with Crippen LogP contribution < -0.4 is 9.64 Å². The molecule has 0 spiro atoms. The Labute approximate surface area is 171 Å². The molecule has 4 rings (SSSR count). The summed E-state index contributed by atoms with van der Waals surface area (Å²) in [6, 6.07) is 1.72. The highest BCUT2D eigenvalue weighted by molar-refractivity contribution is 5.47. The van der Waals surface area contributed by atoms with Crippen molar-refractivity contribution in [2.75, 3.05) is 18.0 Å². The number of halogens is 1. The van der Waals surface area contributed by atoms with E-state index in [4.69, 9.17) is 4.74 Å². The first-order valence-corrected chi connectivity index (χ1v) is 10.4. The molecule has 6 nitrogen and oxygen atoms in total. The van der Waals surface area contributed by atoms with Crippen LogP contribution in [0.25, 0.3) is 0 Å². The van der Waals surface area contributed by atoms with Gasteiger partial charge in [0.1, 0.15) is 11.9 Å². The minimum Gasteiger partial charge on any atom is -0.484 e. The summed E-state index contributed by atoms with van der Waals surface area (Å²) in [5.74, 6) is 2.12. The number of ether oxygens (including phenoxy) is 1. The lowest BCUT2D eigenvalue weighted by atomic mass is 9.78. The number of aliphatic hydroxyl groups excluding tert-OH is 1. The first-order chi connectivity index (χ1) is 13.8. The highest BCUT2D eigenvalue weighted by atomic mass is 19.1. The largest absolute Gasteiger partial charge is 0.484 e. The summed E-state index contributed by atoms with van der Waals surface area (Å²) in [6.45, 7) is 9.50. The number of anilines is 1. The van der Waals surface area contributed by atoms with E-state index in [-0.39, 0.29) is 17.8 Å². The summed E-state index contributed by atoms with van der Waals surface area (Å²) in [4.78, 5) is 15.1. The first-order valence-electron chi connectivity index (χ1n) is 10.4. The maximum atomic E-state index is 14.1. The fourth-order valence-electron chi connectivity index (χ4n) is 4.65. The fraction of sp³-hybridized carbons (Fsp3) is 0.591. The molecule has 156 valence electrons. The van der Waals surface area contributed by atoms with Crippen LogP contribution >= 0.6 is 0 Å². The number of hydrogen-bond acceptors (Lipinski definition) is 6. The van der Waals surface area contributed by atoms with Crippen LogP contribution in [-0.4, -0.2) is 45.4 Å². The van der Waals surface area contributed by atoms with Gasteiger partial charge in [0.25, 0.3) is 0 Å². The second-order valence-electron chi connectivity index (χ2n) is 8.68. The molecule has 1 aliphatic heterocycles. The molecule has 3 heterocycles. The molecule has 0 unspecified atom stereocenters. The normalized spacial score (nSPS) is 26.7. The number of aromatic nitrogens is 3. The van der Waals surface area contributed by atoms with Crippen LogP contribution in [0.3, 0.4) is 0 Å². The number of pyridine rings is 1. The maximum absolute atomic E-state index is 14.1. The van der Waals surface area contributed by atoms with Crippen molar-refractivity contribution in [2.24, 2.45) is 11.8 Å². The second kappa shape index (κ2) is 7.86. The van der Waals surface area contributed by atoms with Crippen molar-refractivity contribution in [1.29, 1.82) is 0 Å². The van der Waals surface area contributed by atoms with Gasteiger partial charge in [-0.3, -0.25) is 4.98 Å². The number of aliphatic hydroxyl groups is 1. The lowest BCUT2D eigenvalue weighted by molar-refractivity contribution is -0.0240. The number of hydrogen-bond donors (Lipinski definition) is 1. The summed E-state index contributed by atoms with van der Waals surface area (Å²) >= 11 is 0. The van der Waals surface area contributed by atoms with Crippen molar-refractivity contribution >= 4 is 5.69 Å². The maximum Gasteiger partial charge on any atom is 0.164 e. The predicted molar refractivity (Wildman–Crippen MR) is 109 cm³/mol. The quantitative estimate of drug-likeness (QED) is 0.848. The molecule has 7 heteroatoms. The molecule has 0 radical (unpaired) electrons. The van der Waals surface area contributed by atoms with Gasteiger partial charge in [0.15, 0.2) is 11.6 Å². The van der Waals surface area contributed by atoms with Gasteiger partial charge in [-0.05, 0) is 44.6 Å². The number of nitrogens with zero attached hydrogens (tertiary/aromatic N) is 4. The minimum atomic E-state index is -0.554. The Bertz CT molecular complexity index is 868. The molecule has 2 aliphatic rings. The highest BCUT2D eigenvalue weighted by Crippen LogP contribution is 2.40. The average Bonchev–Trinajstić information content (AvgIpc) is 3.07. The van der Waals surface area contributed by atoms with Gasteiger partial charge in [0.05, 0.1) is 29.4 Å². The van der Waals surface area contributed by atoms with Gasteiger partial charge >= 0.3 is 0 Å². The minimum absolute atomic E-state index is 0.250. The molecular weight excluding hydrogens is 371 g/mol. The Hall–Kier alpha value is -2.28. The van der Waals surface area contributed by atoms with Crippen LogP contribution in [0.5, 0.6) is 5.75 Å². The van der Waals surface area contributed by atoms with Gasteiger partial charge in [0, 0.05) is 25.2 Å². The Balaban J connectivity index is 1.49. The van der Waals surface area contributed by atoms with Crippen LogP contribution in [0.4, 0.5) is 10.1 Å². The van der Waals surface area contributed by atoms with Crippen LogP contribution in [0.15, 0.2) is 18.5 Å². The van der Waals surface area contributed by atoms with Crippen molar-refractivity contribution in [1.82, 2.24) is 15.0 Å². The molecule has 4 atom stereocenters. The van der Waals surface area contributed by atoms with Gasteiger partial charge in [0.2, 0.25) is 0 Å². The van der Waals surface area contributed by atoms with E-state index < -0.39 is 6.10 Å². The molecule has 1 saturated heterocycles. The van der Waals surface area contributed by atoms with Crippen molar-refractivity contribution in [3.05, 3.63) is 41.5 Å². The van der Waals surface area contributed by atoms with E-state index in [9.17, 15) is 9.50 Å². The van der Waals surface area contributed by atoms with Crippen LogP contribution in [-0.2, 0) is 0 Å². The smallest absolute Gasteiger partial charge is 0.164 e. The summed E-state index contributed by atoms with van der Waals surface area (Å²) in [6.07, 6.45) is 3.41. The van der Waals surface area contributed by atoms with Crippen LogP contribution in [0.1, 0.15) is 49.8 Å². The Morgan fingerprint density at radius 2 is 1.79 bits per heavy atom. The van der Waals surface area contributed by atoms with E-state index >= 15 is 0 Å². The zero-order valence-electron chi connectivity index (χ0n) is 17.5. The molecule has 0 amide bonds. The third-order valence-corrected chi connectivity index (χ3v) is 6.18. The van der Waals surface area contributed by atoms with Crippen molar-refractivity contribution in [3.8, 4) is 5.75 Å². The Morgan fingerprint density at radius 3 is 2.41 bits per heavy atom. The van der Waals surface area contributed by atoms with Gasteiger partial charge in [-0.25, -0.2) is 14.4 Å². The molecule has 2 fully saturated rings. The van der Waals surface area contributed by atoms with E-state index in [1.807, 2.05) is 13.8 Å². The number of aryl methyl sites for hydroxylation is 2. The molecule has 1 N–H and O–H groups in total. The van der Waals surface area contributed by atoms with Gasteiger partial charge in [-0.15, -0.1) is 0 Å². The van der Waals surface area contributed by atoms with Gasteiger partial charge < -0.3 is 14.7 Å². The molecule has 2 aromatic heterocycles. The third kappa shape index (κ3) is 3.92. The summed E-state index contributed by atoms with van der Waals surface area (Å²) < 4.78 is 20.4. The molecule has 0 bridgehead atoms. The Kier molecular flexibility index (Phi) is 5.42. The van der Waals surface area contributed by atoms with Crippen LogP contribution in [0.2, 0.25) is 0 Å². The lowest BCUT2D eigenvalue weighted by Gasteiger charge is -2.35. The fourth-order valence-corrected chi connectivity index (χ4v) is 4.65. The molecule has 29 heavy (non-hydrogen) atoms. The third-order valence-electron chi connectivity index (χ3n) is 6.18. The van der Waals surface area contributed by atoms with Crippen molar-refractivity contribution in [3.63, 3.8) is 0 Å². The zero-order chi connectivity index (χ0) is 20.7. The van der Waals surface area contributed by atoms with Gasteiger partial charge in [-0.1, -0.05) is 13.8 Å². The molecule has 0 aromatic carbocycles. The van der Waals surface area contributed by atoms with Crippen molar-refractivity contribution < 1.29 is 14.2 Å². The molecule has 1 aliphatic carbocycles. The monoisotopic (exact) mass is 400 g/mol. The number of fused-ring (bicyclic) bond motifs is 1. The van der Waals surface area contributed by atoms with Gasteiger partial charge in [-0.2, -0.15) is 0 Å². The SMILES string of the molecule is Cc1nc(C(C)C)nc(C)c1O[C@@H]1C[C@@H]2CN(c3ccncc3F)C[C@@H]2C[C@H]1O. The molecular formula is C22H29FN4O2. The number of rotatable bonds is 4. The summed E-state index contributed by atoms with van der Waals surface area (Å²) in [7, 11) is 0.